The van der Waals surface area contributed by atoms with Crippen LogP contribution in [0.5, 0.6) is 0 Å². The van der Waals surface area contributed by atoms with Gasteiger partial charge in [-0.1, -0.05) is 12.1 Å². The minimum absolute atomic E-state index is 0.168. The zero-order chi connectivity index (χ0) is 18.8. The molecule has 1 aromatic carbocycles. The summed E-state index contributed by atoms with van der Waals surface area (Å²) in [6.07, 6.45) is 1.62. The number of nitrogens with one attached hydrogen (secondary N) is 2. The van der Waals surface area contributed by atoms with Gasteiger partial charge in [-0.2, -0.15) is 5.10 Å². The number of benzene rings is 1. The summed E-state index contributed by atoms with van der Waals surface area (Å²) < 4.78 is 3.15. The molecule has 0 saturated carbocycles. The lowest BCUT2D eigenvalue weighted by atomic mass is 10.2. The van der Waals surface area contributed by atoms with Crippen LogP contribution in [0.2, 0.25) is 0 Å². The van der Waals surface area contributed by atoms with Gasteiger partial charge >= 0.3 is 0 Å². The average molecular weight is 444 g/mol. The standard InChI is InChI=1S/C19H18BrN5OS/c1-25-15-6-3-2-5-12(15)22-18(25)7-4-10-21-19(26)14-11-13(23-24-14)16-8-9-17(20)27-16/h2-3,5-6,8-9,11H,4,7,10H2,1H3,(H,21,26)(H,23,24). The number of carbonyl (C=O) groups is 1. The number of hydrogen-bond donors (Lipinski definition) is 2. The zero-order valence-electron chi connectivity index (χ0n) is 14.7. The van der Waals surface area contributed by atoms with Crippen LogP contribution in [-0.2, 0) is 13.5 Å². The maximum Gasteiger partial charge on any atom is 0.271 e. The number of carbonyl (C=O) groups excluding carboxylic acids is 1. The molecule has 0 fully saturated rings. The van der Waals surface area contributed by atoms with E-state index in [4.69, 9.17) is 0 Å². The van der Waals surface area contributed by atoms with Gasteiger partial charge in [-0.15, -0.1) is 11.3 Å². The fourth-order valence-electron chi connectivity index (χ4n) is 2.98. The van der Waals surface area contributed by atoms with E-state index in [0.29, 0.717) is 12.2 Å². The Kier molecular flexibility index (Phi) is 5.09. The lowest BCUT2D eigenvalue weighted by molar-refractivity contribution is 0.0948. The number of aromatic amines is 1. The molecule has 0 aliphatic heterocycles. The molecular formula is C19H18BrN5OS. The second-order valence-electron chi connectivity index (χ2n) is 6.21. The van der Waals surface area contributed by atoms with Crippen LogP contribution in [0, 0.1) is 0 Å². The van der Waals surface area contributed by atoms with Crippen LogP contribution in [-0.4, -0.2) is 32.2 Å². The largest absolute Gasteiger partial charge is 0.351 e. The molecule has 8 heteroatoms. The first-order valence-electron chi connectivity index (χ1n) is 8.61. The minimum Gasteiger partial charge on any atom is -0.351 e. The van der Waals surface area contributed by atoms with Gasteiger partial charge < -0.3 is 9.88 Å². The number of hydrogen-bond acceptors (Lipinski definition) is 4. The highest BCUT2D eigenvalue weighted by Gasteiger charge is 2.12. The maximum absolute atomic E-state index is 12.3. The molecule has 4 rings (SSSR count). The van der Waals surface area contributed by atoms with Crippen LogP contribution in [0.25, 0.3) is 21.6 Å². The Bertz CT molecular complexity index is 1100. The fourth-order valence-corrected chi connectivity index (χ4v) is 4.33. The average Bonchev–Trinajstić information content (AvgIpc) is 3.38. The first-order valence-corrected chi connectivity index (χ1v) is 10.2. The van der Waals surface area contributed by atoms with E-state index in [9.17, 15) is 4.79 Å². The van der Waals surface area contributed by atoms with Gasteiger partial charge in [-0.25, -0.2) is 4.98 Å². The Balaban J connectivity index is 1.32. The highest BCUT2D eigenvalue weighted by atomic mass is 79.9. The van der Waals surface area contributed by atoms with Crippen molar-refractivity contribution >= 4 is 44.2 Å². The molecule has 4 aromatic rings. The molecule has 138 valence electrons. The third kappa shape index (κ3) is 3.81. The molecule has 0 aliphatic rings. The number of amides is 1. The number of thiophene rings is 1. The summed E-state index contributed by atoms with van der Waals surface area (Å²) in [5, 5.41) is 9.97. The molecule has 2 N–H and O–H groups in total. The van der Waals surface area contributed by atoms with Crippen molar-refractivity contribution in [3.8, 4) is 10.6 Å². The lowest BCUT2D eigenvalue weighted by Crippen LogP contribution is -2.25. The van der Waals surface area contributed by atoms with Gasteiger partial charge in [0.25, 0.3) is 5.91 Å². The number of aromatic nitrogens is 4. The highest BCUT2D eigenvalue weighted by molar-refractivity contribution is 9.11. The second kappa shape index (κ2) is 7.66. The van der Waals surface area contributed by atoms with Crippen molar-refractivity contribution < 1.29 is 4.79 Å². The van der Waals surface area contributed by atoms with Crippen molar-refractivity contribution in [1.82, 2.24) is 25.1 Å². The van der Waals surface area contributed by atoms with Gasteiger partial charge in [0.1, 0.15) is 5.82 Å². The van der Waals surface area contributed by atoms with E-state index in [1.54, 1.807) is 17.4 Å². The normalized spacial score (nSPS) is 11.2. The molecule has 3 aromatic heterocycles. The van der Waals surface area contributed by atoms with Crippen molar-refractivity contribution in [2.24, 2.45) is 7.05 Å². The maximum atomic E-state index is 12.3. The predicted octanol–water partition coefficient (Wildman–Crippen LogP) is 4.15. The molecule has 0 saturated heterocycles. The predicted molar refractivity (Wildman–Crippen MR) is 111 cm³/mol. The van der Waals surface area contributed by atoms with Gasteiger partial charge in [0.15, 0.2) is 5.69 Å². The van der Waals surface area contributed by atoms with Crippen molar-refractivity contribution in [3.63, 3.8) is 0 Å². The first kappa shape index (κ1) is 17.9. The number of aryl methyl sites for hydroxylation is 2. The number of fused-ring (bicyclic) bond motifs is 1. The van der Waals surface area contributed by atoms with Crippen molar-refractivity contribution in [2.45, 2.75) is 12.8 Å². The van der Waals surface area contributed by atoms with Crippen LogP contribution in [0.1, 0.15) is 22.7 Å². The van der Waals surface area contributed by atoms with Crippen LogP contribution in [0.4, 0.5) is 0 Å². The molecule has 0 unspecified atom stereocenters. The number of nitrogens with zero attached hydrogens (tertiary/aromatic N) is 3. The summed E-state index contributed by atoms with van der Waals surface area (Å²) in [5.41, 5.74) is 3.37. The number of imidazole rings is 1. The molecule has 0 spiro atoms. The summed E-state index contributed by atoms with van der Waals surface area (Å²) in [5.74, 6) is 0.855. The Morgan fingerprint density at radius 2 is 2.15 bits per heavy atom. The van der Waals surface area contributed by atoms with E-state index in [2.05, 4.69) is 47.1 Å². The van der Waals surface area contributed by atoms with E-state index >= 15 is 0 Å². The molecular weight excluding hydrogens is 426 g/mol. The van der Waals surface area contributed by atoms with Gasteiger partial charge in [0.05, 0.1) is 25.4 Å². The van der Waals surface area contributed by atoms with Gasteiger partial charge in [0, 0.05) is 20.0 Å². The lowest BCUT2D eigenvalue weighted by Gasteiger charge is -2.04. The molecule has 0 radical (unpaired) electrons. The van der Waals surface area contributed by atoms with Crippen molar-refractivity contribution in [1.29, 1.82) is 0 Å². The molecule has 0 aliphatic carbocycles. The molecule has 6 nitrogen and oxygen atoms in total. The Morgan fingerprint density at radius 3 is 2.93 bits per heavy atom. The van der Waals surface area contributed by atoms with Crippen LogP contribution < -0.4 is 5.32 Å². The summed E-state index contributed by atoms with van der Waals surface area (Å²) >= 11 is 5.03. The van der Waals surface area contributed by atoms with Crippen LogP contribution in [0.15, 0.2) is 46.3 Å². The van der Waals surface area contributed by atoms with Crippen molar-refractivity contribution in [2.75, 3.05) is 6.54 Å². The van der Waals surface area contributed by atoms with Crippen molar-refractivity contribution in [3.05, 3.63) is 57.8 Å². The van der Waals surface area contributed by atoms with E-state index in [0.717, 1.165) is 44.1 Å². The Hall–Kier alpha value is -2.45. The second-order valence-corrected chi connectivity index (χ2v) is 8.67. The van der Waals surface area contributed by atoms with Crippen LogP contribution in [0.3, 0.4) is 0 Å². The monoisotopic (exact) mass is 443 g/mol. The van der Waals surface area contributed by atoms with Crippen LogP contribution >= 0.6 is 27.3 Å². The third-order valence-electron chi connectivity index (χ3n) is 4.39. The van der Waals surface area contributed by atoms with E-state index in [1.165, 1.54) is 0 Å². The van der Waals surface area contributed by atoms with E-state index in [1.807, 2.05) is 37.4 Å². The highest BCUT2D eigenvalue weighted by Crippen LogP contribution is 2.30. The number of H-pyrrole nitrogens is 1. The zero-order valence-corrected chi connectivity index (χ0v) is 17.1. The summed E-state index contributed by atoms with van der Waals surface area (Å²) in [6.45, 7) is 0.578. The smallest absolute Gasteiger partial charge is 0.271 e. The summed E-state index contributed by atoms with van der Waals surface area (Å²) in [4.78, 5) is 18.0. The fraction of sp³-hybridized carbons (Fsp3) is 0.211. The summed E-state index contributed by atoms with van der Waals surface area (Å²) in [6, 6.07) is 13.8. The number of rotatable bonds is 6. The van der Waals surface area contributed by atoms with Gasteiger partial charge in [-0.3, -0.25) is 9.89 Å². The summed E-state index contributed by atoms with van der Waals surface area (Å²) in [7, 11) is 2.03. The Morgan fingerprint density at radius 1 is 1.30 bits per heavy atom. The van der Waals surface area contributed by atoms with Gasteiger partial charge in [0.2, 0.25) is 0 Å². The molecule has 1 amide bonds. The number of para-hydroxylation sites is 2. The first-order chi connectivity index (χ1) is 13.1. The van der Waals surface area contributed by atoms with Gasteiger partial charge in [-0.05, 0) is 52.7 Å². The minimum atomic E-state index is -0.168. The quantitative estimate of drug-likeness (QED) is 0.439. The molecule has 3 heterocycles. The van der Waals surface area contributed by atoms with E-state index in [-0.39, 0.29) is 5.91 Å². The molecule has 0 bridgehead atoms. The topological polar surface area (TPSA) is 75.6 Å². The number of halogens is 1. The molecule has 27 heavy (non-hydrogen) atoms. The van der Waals surface area contributed by atoms with E-state index < -0.39 is 0 Å². The molecule has 0 atom stereocenters. The Labute approximate surface area is 168 Å². The SMILES string of the molecule is Cn1c(CCCNC(=O)c2cc(-c3ccc(Br)s3)[nH]n2)nc2ccccc21. The third-order valence-corrected chi connectivity index (χ3v) is 6.05.